The molecule has 6 nitrogen and oxygen atoms in total. The smallest absolute Gasteiger partial charge is 0.236 e. The highest BCUT2D eigenvalue weighted by Crippen LogP contribution is 2.31. The van der Waals surface area contributed by atoms with Crippen molar-refractivity contribution >= 4 is 11.7 Å². The lowest BCUT2D eigenvalue weighted by atomic mass is 9.88. The summed E-state index contributed by atoms with van der Waals surface area (Å²) in [6.07, 6.45) is 3.16. The molecule has 4 rings (SSSR count). The molecule has 1 aromatic carbocycles. The summed E-state index contributed by atoms with van der Waals surface area (Å²) in [5.74, 6) is 0.0476. The summed E-state index contributed by atoms with van der Waals surface area (Å²) in [6, 6.07) is 7.83. The van der Waals surface area contributed by atoms with Crippen molar-refractivity contribution in [2.45, 2.75) is 38.4 Å². The van der Waals surface area contributed by atoms with E-state index in [1.54, 1.807) is 0 Å². The molecule has 0 N–H and O–H groups in total. The van der Waals surface area contributed by atoms with Crippen LogP contribution in [-0.4, -0.2) is 73.2 Å². The Kier molecular flexibility index (Phi) is 5.80. The Morgan fingerprint density at radius 1 is 1.00 bits per heavy atom. The average Bonchev–Trinajstić information content (AvgIpc) is 3.17. The van der Waals surface area contributed by atoms with E-state index in [1.807, 2.05) is 36.1 Å². The van der Waals surface area contributed by atoms with Crippen molar-refractivity contribution in [2.24, 2.45) is 5.92 Å². The first-order valence-electron chi connectivity index (χ1n) is 10.4. The van der Waals surface area contributed by atoms with Crippen LogP contribution in [0.15, 0.2) is 24.3 Å². The first kappa shape index (κ1) is 19.6. The van der Waals surface area contributed by atoms with Gasteiger partial charge >= 0.3 is 0 Å². The van der Waals surface area contributed by atoms with Gasteiger partial charge in [-0.3, -0.25) is 14.5 Å². The molecule has 0 unspecified atom stereocenters. The molecule has 3 aliphatic heterocycles. The number of ether oxygens (including phenoxy) is 2. The van der Waals surface area contributed by atoms with Crippen LogP contribution < -0.4 is 0 Å². The number of ketones is 1. The molecule has 152 valence electrons. The molecule has 6 heteroatoms. The van der Waals surface area contributed by atoms with Crippen LogP contribution in [0.3, 0.4) is 0 Å². The summed E-state index contributed by atoms with van der Waals surface area (Å²) in [6.45, 7) is 6.78. The van der Waals surface area contributed by atoms with Gasteiger partial charge in [0.15, 0.2) is 11.6 Å². The van der Waals surface area contributed by atoms with Gasteiger partial charge in [-0.15, -0.1) is 0 Å². The van der Waals surface area contributed by atoms with E-state index in [2.05, 4.69) is 4.90 Å². The van der Waals surface area contributed by atoms with E-state index in [-0.39, 0.29) is 17.6 Å². The molecule has 3 aliphatic rings. The standard InChI is InChI=1S/C22H30N2O4/c1-17-2-4-18(5-3-17)21(26)19-6-10-23(11-7-19)16-20(25)24-12-8-22(9-13-24)27-14-15-28-22/h2-5,19H,6-16H2,1H3. The minimum absolute atomic E-state index is 0.0700. The second-order valence-corrected chi connectivity index (χ2v) is 8.27. The second-order valence-electron chi connectivity index (χ2n) is 8.27. The molecule has 3 saturated heterocycles. The normalized spacial score (nSPS) is 23.2. The van der Waals surface area contributed by atoms with E-state index < -0.39 is 5.79 Å². The van der Waals surface area contributed by atoms with Gasteiger partial charge in [-0.25, -0.2) is 0 Å². The number of carbonyl (C=O) groups is 2. The topological polar surface area (TPSA) is 59.1 Å². The number of Topliss-reactive ketones (excluding diaryl/α,β-unsaturated/α-hetero) is 1. The number of likely N-dealkylation sites (tertiary alicyclic amines) is 2. The summed E-state index contributed by atoms with van der Waals surface area (Å²) in [4.78, 5) is 29.5. The molecule has 1 aromatic rings. The van der Waals surface area contributed by atoms with Gasteiger partial charge in [-0.05, 0) is 32.9 Å². The zero-order valence-electron chi connectivity index (χ0n) is 16.7. The van der Waals surface area contributed by atoms with Gasteiger partial charge in [0.05, 0.1) is 19.8 Å². The summed E-state index contributed by atoms with van der Waals surface area (Å²) in [7, 11) is 0. The number of aryl methyl sites for hydroxylation is 1. The van der Waals surface area contributed by atoms with Crippen molar-refractivity contribution in [3.05, 3.63) is 35.4 Å². The molecule has 0 saturated carbocycles. The van der Waals surface area contributed by atoms with Crippen LogP contribution in [0.2, 0.25) is 0 Å². The fraction of sp³-hybridized carbons (Fsp3) is 0.636. The Hall–Kier alpha value is -1.76. The number of carbonyl (C=O) groups excluding carboxylic acids is 2. The maximum Gasteiger partial charge on any atom is 0.236 e. The molecule has 1 spiro atoms. The van der Waals surface area contributed by atoms with Crippen LogP contribution in [0.5, 0.6) is 0 Å². The van der Waals surface area contributed by atoms with Crippen LogP contribution in [0.25, 0.3) is 0 Å². The van der Waals surface area contributed by atoms with Crippen molar-refractivity contribution in [1.29, 1.82) is 0 Å². The van der Waals surface area contributed by atoms with Crippen molar-refractivity contribution in [1.82, 2.24) is 9.80 Å². The number of piperidine rings is 2. The fourth-order valence-electron chi connectivity index (χ4n) is 4.48. The molecular formula is C22H30N2O4. The number of amides is 1. The van der Waals surface area contributed by atoms with Gasteiger partial charge < -0.3 is 14.4 Å². The van der Waals surface area contributed by atoms with Crippen LogP contribution in [-0.2, 0) is 14.3 Å². The third kappa shape index (κ3) is 4.29. The van der Waals surface area contributed by atoms with Crippen molar-refractivity contribution in [2.75, 3.05) is 45.9 Å². The Morgan fingerprint density at radius 3 is 2.21 bits per heavy atom. The molecule has 0 aliphatic carbocycles. The van der Waals surface area contributed by atoms with Gasteiger partial charge in [-0.2, -0.15) is 0 Å². The van der Waals surface area contributed by atoms with Gasteiger partial charge in [0.2, 0.25) is 5.91 Å². The minimum atomic E-state index is -0.439. The first-order valence-corrected chi connectivity index (χ1v) is 10.4. The van der Waals surface area contributed by atoms with Crippen LogP contribution in [0.4, 0.5) is 0 Å². The third-order valence-electron chi connectivity index (χ3n) is 6.34. The molecule has 0 atom stereocenters. The van der Waals surface area contributed by atoms with Gasteiger partial charge in [0, 0.05) is 37.4 Å². The number of nitrogens with zero attached hydrogens (tertiary/aromatic N) is 2. The van der Waals surface area contributed by atoms with E-state index in [0.717, 1.165) is 44.3 Å². The molecule has 28 heavy (non-hydrogen) atoms. The van der Waals surface area contributed by atoms with E-state index >= 15 is 0 Å². The van der Waals surface area contributed by atoms with E-state index in [1.165, 1.54) is 5.56 Å². The molecule has 0 bridgehead atoms. The Morgan fingerprint density at radius 2 is 1.61 bits per heavy atom. The monoisotopic (exact) mass is 386 g/mol. The maximum atomic E-state index is 12.7. The van der Waals surface area contributed by atoms with Crippen molar-refractivity contribution in [3.8, 4) is 0 Å². The van der Waals surface area contributed by atoms with Crippen molar-refractivity contribution in [3.63, 3.8) is 0 Å². The number of hydrogen-bond acceptors (Lipinski definition) is 5. The highest BCUT2D eigenvalue weighted by atomic mass is 16.7. The van der Waals surface area contributed by atoms with Crippen LogP contribution in [0, 0.1) is 12.8 Å². The molecule has 0 aromatic heterocycles. The molecule has 3 fully saturated rings. The van der Waals surface area contributed by atoms with Gasteiger partial charge in [0.25, 0.3) is 0 Å². The summed E-state index contributed by atoms with van der Waals surface area (Å²) in [5, 5.41) is 0. The van der Waals surface area contributed by atoms with Gasteiger partial charge in [-0.1, -0.05) is 29.8 Å². The lowest BCUT2D eigenvalue weighted by molar-refractivity contribution is -0.187. The average molecular weight is 386 g/mol. The number of rotatable bonds is 4. The maximum absolute atomic E-state index is 12.7. The third-order valence-corrected chi connectivity index (χ3v) is 6.34. The summed E-state index contributed by atoms with van der Waals surface area (Å²) < 4.78 is 11.5. The predicted molar refractivity (Wildman–Crippen MR) is 105 cm³/mol. The van der Waals surface area contributed by atoms with E-state index in [9.17, 15) is 9.59 Å². The van der Waals surface area contributed by atoms with Crippen LogP contribution >= 0.6 is 0 Å². The number of hydrogen-bond donors (Lipinski definition) is 0. The lowest BCUT2D eigenvalue weighted by Crippen LogP contribution is -2.50. The Balaban J connectivity index is 1.22. The predicted octanol–water partition coefficient (Wildman–Crippen LogP) is 2.26. The zero-order chi connectivity index (χ0) is 19.6. The number of benzene rings is 1. The summed E-state index contributed by atoms with van der Waals surface area (Å²) in [5.41, 5.74) is 1.97. The SMILES string of the molecule is Cc1ccc(C(=O)C2CCN(CC(=O)N3CCC4(CC3)OCCO4)CC2)cc1. The van der Waals surface area contributed by atoms with Crippen LogP contribution in [0.1, 0.15) is 41.6 Å². The highest BCUT2D eigenvalue weighted by Gasteiger charge is 2.41. The fourth-order valence-corrected chi connectivity index (χ4v) is 4.48. The zero-order valence-corrected chi connectivity index (χ0v) is 16.7. The largest absolute Gasteiger partial charge is 0.347 e. The van der Waals surface area contributed by atoms with E-state index in [4.69, 9.17) is 9.47 Å². The molecule has 3 heterocycles. The molecule has 1 amide bonds. The molecular weight excluding hydrogens is 356 g/mol. The quantitative estimate of drug-likeness (QED) is 0.743. The minimum Gasteiger partial charge on any atom is -0.347 e. The Bertz CT molecular complexity index is 694. The van der Waals surface area contributed by atoms with Crippen molar-refractivity contribution < 1.29 is 19.1 Å². The highest BCUT2D eigenvalue weighted by molar-refractivity contribution is 5.97. The summed E-state index contributed by atoms with van der Waals surface area (Å²) >= 11 is 0. The second kappa shape index (κ2) is 8.31. The first-order chi connectivity index (χ1) is 13.5. The lowest BCUT2D eigenvalue weighted by Gasteiger charge is -2.39. The Labute approximate surface area is 166 Å². The van der Waals surface area contributed by atoms with Gasteiger partial charge in [0.1, 0.15) is 0 Å². The van der Waals surface area contributed by atoms with E-state index in [0.29, 0.717) is 32.8 Å². The molecule has 0 radical (unpaired) electrons.